The average molecular weight is 271 g/mol. The summed E-state index contributed by atoms with van der Waals surface area (Å²) in [5, 5.41) is 8.86. The molecule has 0 aromatic heterocycles. The number of carbonyl (C=O) groups excluding carboxylic acids is 2. The van der Waals surface area contributed by atoms with Gasteiger partial charge < -0.3 is 15.7 Å². The van der Waals surface area contributed by atoms with Gasteiger partial charge in [-0.15, -0.1) is 0 Å². The Morgan fingerprint density at radius 1 is 1.47 bits per heavy atom. The summed E-state index contributed by atoms with van der Waals surface area (Å²) < 4.78 is 0. The first-order valence-electron chi connectivity index (χ1n) is 6.33. The number of primary amides is 1. The number of nitrogens with two attached hydrogens (primary N) is 1. The Kier molecular flexibility index (Phi) is 5.29. The van der Waals surface area contributed by atoms with Gasteiger partial charge in [-0.3, -0.25) is 19.3 Å². The van der Waals surface area contributed by atoms with Crippen LogP contribution in [0.3, 0.4) is 0 Å². The number of carboxylic acid groups (broad SMARTS) is 1. The lowest BCUT2D eigenvalue weighted by Gasteiger charge is -2.33. The highest BCUT2D eigenvalue weighted by molar-refractivity contribution is 5.82. The zero-order chi connectivity index (χ0) is 14.6. The van der Waals surface area contributed by atoms with E-state index in [0.717, 1.165) is 6.42 Å². The fourth-order valence-corrected chi connectivity index (χ4v) is 2.07. The highest BCUT2D eigenvalue weighted by Crippen LogP contribution is 2.16. The minimum Gasteiger partial charge on any atom is -0.480 e. The Labute approximate surface area is 112 Å². The minimum absolute atomic E-state index is 0.0267. The molecule has 1 rings (SSSR count). The number of piperidine rings is 1. The van der Waals surface area contributed by atoms with Crippen LogP contribution in [0.5, 0.6) is 0 Å². The number of aliphatic carboxylic acids is 1. The number of carbonyl (C=O) groups is 3. The predicted molar refractivity (Wildman–Crippen MR) is 68.2 cm³/mol. The topological polar surface area (TPSA) is 104 Å². The Hall–Kier alpha value is -1.63. The minimum atomic E-state index is -0.969. The van der Waals surface area contributed by atoms with Crippen molar-refractivity contribution in [1.29, 1.82) is 0 Å². The van der Waals surface area contributed by atoms with E-state index in [-0.39, 0.29) is 24.3 Å². The van der Waals surface area contributed by atoms with Crippen molar-refractivity contribution in [3.05, 3.63) is 0 Å². The van der Waals surface area contributed by atoms with Crippen LogP contribution in [-0.2, 0) is 14.4 Å². The van der Waals surface area contributed by atoms with Crippen molar-refractivity contribution in [1.82, 2.24) is 9.80 Å². The molecule has 7 heteroatoms. The summed E-state index contributed by atoms with van der Waals surface area (Å²) in [5.74, 6) is -1.81. The van der Waals surface area contributed by atoms with Gasteiger partial charge in [0.2, 0.25) is 11.8 Å². The number of likely N-dealkylation sites (tertiary alicyclic amines) is 1. The summed E-state index contributed by atoms with van der Waals surface area (Å²) in [6.45, 7) is 2.48. The van der Waals surface area contributed by atoms with Gasteiger partial charge in [-0.05, 0) is 26.8 Å². The molecule has 0 radical (unpaired) electrons. The second kappa shape index (κ2) is 6.51. The Morgan fingerprint density at radius 3 is 2.63 bits per heavy atom. The van der Waals surface area contributed by atoms with E-state index in [2.05, 4.69) is 0 Å². The highest BCUT2D eigenvalue weighted by Gasteiger charge is 2.28. The molecule has 0 aromatic rings. The van der Waals surface area contributed by atoms with Crippen LogP contribution in [0, 0.1) is 5.92 Å². The monoisotopic (exact) mass is 271 g/mol. The lowest BCUT2D eigenvalue weighted by atomic mass is 9.97. The van der Waals surface area contributed by atoms with E-state index in [0.29, 0.717) is 19.5 Å². The maximum atomic E-state index is 12.0. The smallest absolute Gasteiger partial charge is 0.320 e. The van der Waals surface area contributed by atoms with Gasteiger partial charge in [-0.1, -0.05) is 0 Å². The van der Waals surface area contributed by atoms with Crippen LogP contribution in [0.1, 0.15) is 19.8 Å². The SMILES string of the molecule is CC(C(=O)O)N(C)CC(=O)N1CCCC(C(N)=O)C1. The number of amides is 2. The van der Waals surface area contributed by atoms with E-state index in [1.807, 2.05) is 0 Å². The van der Waals surface area contributed by atoms with Crippen LogP contribution in [0.25, 0.3) is 0 Å². The molecule has 7 nitrogen and oxygen atoms in total. The lowest BCUT2D eigenvalue weighted by Crippen LogP contribution is -2.49. The maximum absolute atomic E-state index is 12.0. The van der Waals surface area contributed by atoms with Gasteiger partial charge in [0.25, 0.3) is 0 Å². The molecule has 1 saturated heterocycles. The van der Waals surface area contributed by atoms with E-state index in [4.69, 9.17) is 10.8 Å². The molecule has 1 aliphatic heterocycles. The third-order valence-electron chi connectivity index (χ3n) is 3.58. The van der Waals surface area contributed by atoms with Crippen molar-refractivity contribution in [3.63, 3.8) is 0 Å². The van der Waals surface area contributed by atoms with E-state index >= 15 is 0 Å². The number of hydrogen-bond acceptors (Lipinski definition) is 4. The number of nitrogens with zero attached hydrogens (tertiary/aromatic N) is 2. The van der Waals surface area contributed by atoms with Crippen molar-refractivity contribution in [3.8, 4) is 0 Å². The van der Waals surface area contributed by atoms with Gasteiger partial charge in [0.1, 0.15) is 6.04 Å². The summed E-state index contributed by atoms with van der Waals surface area (Å²) in [4.78, 5) is 37.1. The molecular formula is C12H21N3O4. The van der Waals surface area contributed by atoms with Crippen LogP contribution in [0.15, 0.2) is 0 Å². The standard InChI is InChI=1S/C12H21N3O4/c1-8(12(18)19)14(2)7-10(16)15-5-3-4-9(6-15)11(13)17/h8-9H,3-7H2,1-2H3,(H2,13,17)(H,18,19). The summed E-state index contributed by atoms with van der Waals surface area (Å²) in [7, 11) is 1.59. The van der Waals surface area contributed by atoms with Crippen LogP contribution < -0.4 is 5.73 Å². The van der Waals surface area contributed by atoms with Crippen molar-refractivity contribution < 1.29 is 19.5 Å². The molecule has 0 spiro atoms. The van der Waals surface area contributed by atoms with Crippen molar-refractivity contribution in [2.24, 2.45) is 11.7 Å². The zero-order valence-electron chi connectivity index (χ0n) is 11.3. The second-order valence-electron chi connectivity index (χ2n) is 5.01. The summed E-state index contributed by atoms with van der Waals surface area (Å²) in [6.07, 6.45) is 1.46. The number of carboxylic acids is 1. The molecule has 2 amide bonds. The summed E-state index contributed by atoms with van der Waals surface area (Å²) in [6, 6.07) is -0.722. The van der Waals surface area contributed by atoms with Gasteiger partial charge >= 0.3 is 5.97 Å². The molecule has 2 unspecified atom stereocenters. The molecule has 3 N–H and O–H groups in total. The Bertz CT molecular complexity index is 372. The molecule has 0 aliphatic carbocycles. The molecule has 2 atom stereocenters. The van der Waals surface area contributed by atoms with Crippen LogP contribution in [0.2, 0.25) is 0 Å². The van der Waals surface area contributed by atoms with E-state index < -0.39 is 12.0 Å². The fraction of sp³-hybridized carbons (Fsp3) is 0.750. The van der Waals surface area contributed by atoms with Crippen LogP contribution in [-0.4, -0.2) is 65.4 Å². The largest absolute Gasteiger partial charge is 0.480 e. The van der Waals surface area contributed by atoms with Gasteiger partial charge in [-0.2, -0.15) is 0 Å². The molecular weight excluding hydrogens is 250 g/mol. The van der Waals surface area contributed by atoms with Gasteiger partial charge in [0.15, 0.2) is 0 Å². The summed E-state index contributed by atoms with van der Waals surface area (Å²) >= 11 is 0. The van der Waals surface area contributed by atoms with Crippen LogP contribution >= 0.6 is 0 Å². The number of likely N-dealkylation sites (N-methyl/N-ethyl adjacent to an activating group) is 1. The van der Waals surface area contributed by atoms with E-state index in [1.54, 1.807) is 11.9 Å². The molecule has 0 aromatic carbocycles. The highest BCUT2D eigenvalue weighted by atomic mass is 16.4. The molecule has 0 bridgehead atoms. The predicted octanol–water partition coefficient (Wildman–Crippen LogP) is -0.885. The van der Waals surface area contributed by atoms with Crippen LogP contribution in [0.4, 0.5) is 0 Å². The average Bonchev–Trinajstić information content (AvgIpc) is 2.37. The van der Waals surface area contributed by atoms with Crippen molar-refractivity contribution in [2.45, 2.75) is 25.8 Å². The molecule has 0 saturated carbocycles. The first-order chi connectivity index (χ1) is 8.82. The fourth-order valence-electron chi connectivity index (χ4n) is 2.07. The van der Waals surface area contributed by atoms with Crippen molar-refractivity contribution in [2.75, 3.05) is 26.7 Å². The van der Waals surface area contributed by atoms with E-state index in [1.165, 1.54) is 11.8 Å². The quantitative estimate of drug-likeness (QED) is 0.675. The van der Waals surface area contributed by atoms with Gasteiger partial charge in [-0.25, -0.2) is 0 Å². The normalized spacial score (nSPS) is 21.2. The Morgan fingerprint density at radius 2 is 2.11 bits per heavy atom. The first-order valence-corrected chi connectivity index (χ1v) is 6.33. The van der Waals surface area contributed by atoms with Gasteiger partial charge in [0.05, 0.1) is 12.5 Å². The molecule has 108 valence electrons. The molecule has 1 fully saturated rings. The number of hydrogen-bond donors (Lipinski definition) is 2. The lowest BCUT2D eigenvalue weighted by molar-refractivity contribution is -0.143. The molecule has 1 heterocycles. The zero-order valence-corrected chi connectivity index (χ0v) is 11.3. The first kappa shape index (κ1) is 15.4. The molecule has 1 aliphatic rings. The van der Waals surface area contributed by atoms with E-state index in [9.17, 15) is 14.4 Å². The Balaban J connectivity index is 2.53. The summed E-state index contributed by atoms with van der Waals surface area (Å²) in [5.41, 5.74) is 5.25. The van der Waals surface area contributed by atoms with Gasteiger partial charge in [0, 0.05) is 13.1 Å². The van der Waals surface area contributed by atoms with Crippen molar-refractivity contribution >= 4 is 17.8 Å². The third-order valence-corrected chi connectivity index (χ3v) is 3.58. The third kappa shape index (κ3) is 4.20. The maximum Gasteiger partial charge on any atom is 0.320 e. The molecule has 19 heavy (non-hydrogen) atoms. The second-order valence-corrected chi connectivity index (χ2v) is 5.01. The number of rotatable bonds is 5.